The van der Waals surface area contributed by atoms with E-state index in [9.17, 15) is 14.4 Å². The molecule has 1 aliphatic heterocycles. The van der Waals surface area contributed by atoms with E-state index >= 15 is 0 Å². The average molecular weight is 381 g/mol. The van der Waals surface area contributed by atoms with Gasteiger partial charge in [0.25, 0.3) is 11.1 Å². The molecule has 1 aliphatic rings. The summed E-state index contributed by atoms with van der Waals surface area (Å²) in [6, 6.07) is 2.33. The van der Waals surface area contributed by atoms with Crippen molar-refractivity contribution in [3.8, 4) is 17.2 Å². The van der Waals surface area contributed by atoms with Crippen LogP contribution in [0, 0.1) is 0 Å². The van der Waals surface area contributed by atoms with Gasteiger partial charge in [-0.1, -0.05) is 0 Å². The third-order valence-corrected chi connectivity index (χ3v) is 4.66. The van der Waals surface area contributed by atoms with Crippen molar-refractivity contribution >= 4 is 35.0 Å². The zero-order valence-corrected chi connectivity index (χ0v) is 15.8. The molecular formula is C17H19NO7S. The van der Waals surface area contributed by atoms with E-state index in [1.165, 1.54) is 41.4 Å². The molecule has 0 spiro atoms. The van der Waals surface area contributed by atoms with E-state index in [4.69, 9.17) is 14.2 Å². The number of hydrogen-bond donors (Lipinski definition) is 0. The monoisotopic (exact) mass is 381 g/mol. The van der Waals surface area contributed by atoms with Crippen LogP contribution < -0.4 is 14.2 Å². The molecule has 0 saturated carbocycles. The van der Waals surface area contributed by atoms with Crippen molar-refractivity contribution in [3.05, 3.63) is 22.6 Å². The molecule has 0 bridgehead atoms. The number of imide groups is 1. The van der Waals surface area contributed by atoms with Gasteiger partial charge >= 0.3 is 5.97 Å². The van der Waals surface area contributed by atoms with Crippen LogP contribution in [0.5, 0.6) is 17.2 Å². The van der Waals surface area contributed by atoms with E-state index in [-0.39, 0.29) is 4.91 Å². The first kappa shape index (κ1) is 19.6. The van der Waals surface area contributed by atoms with Crippen molar-refractivity contribution in [2.75, 3.05) is 28.4 Å². The second-order valence-electron chi connectivity index (χ2n) is 5.17. The zero-order valence-electron chi connectivity index (χ0n) is 15.0. The standard InChI is InChI=1S/C17H19NO7S/c1-9(16(20)25-5)18-15(19)12(26-17(18)21)8-10-6-7-11(22-2)14(24-4)13(10)23-3/h6-9H,1-5H3/b12-8+. The topological polar surface area (TPSA) is 91.4 Å². The van der Waals surface area contributed by atoms with Gasteiger partial charge in [-0.3, -0.25) is 14.5 Å². The third kappa shape index (κ3) is 3.48. The fourth-order valence-corrected chi connectivity index (χ4v) is 3.37. The summed E-state index contributed by atoms with van der Waals surface area (Å²) < 4.78 is 20.5. The highest BCUT2D eigenvalue weighted by atomic mass is 32.2. The molecule has 0 aromatic heterocycles. The van der Waals surface area contributed by atoms with Gasteiger partial charge in [0.15, 0.2) is 11.5 Å². The first-order valence-corrected chi connectivity index (χ1v) is 8.35. The molecule has 1 unspecified atom stereocenters. The smallest absolute Gasteiger partial charge is 0.328 e. The van der Waals surface area contributed by atoms with Gasteiger partial charge in [-0.25, -0.2) is 4.79 Å². The van der Waals surface area contributed by atoms with Gasteiger partial charge in [-0.05, 0) is 36.9 Å². The first-order valence-electron chi connectivity index (χ1n) is 7.53. The normalized spacial score (nSPS) is 16.7. The van der Waals surface area contributed by atoms with E-state index in [0.29, 0.717) is 22.8 Å². The second-order valence-corrected chi connectivity index (χ2v) is 6.17. The predicted octanol–water partition coefficient (Wildman–Crippen LogP) is 2.31. The van der Waals surface area contributed by atoms with Crippen LogP contribution in [0.4, 0.5) is 4.79 Å². The molecule has 0 N–H and O–H groups in total. The molecule has 2 rings (SSSR count). The number of carbonyl (C=O) groups is 3. The van der Waals surface area contributed by atoms with Crippen molar-refractivity contribution in [2.24, 2.45) is 0 Å². The molecule has 0 radical (unpaired) electrons. The summed E-state index contributed by atoms with van der Waals surface area (Å²) in [4.78, 5) is 37.4. The summed E-state index contributed by atoms with van der Waals surface area (Å²) in [5.74, 6) is -0.0496. The Labute approximate surface area is 155 Å². The molecule has 1 atom stereocenters. The second kappa shape index (κ2) is 8.13. The number of methoxy groups -OCH3 is 4. The first-order chi connectivity index (χ1) is 12.4. The summed E-state index contributed by atoms with van der Waals surface area (Å²) in [7, 11) is 5.62. The number of thioether (sulfide) groups is 1. The molecule has 1 aromatic rings. The number of rotatable bonds is 6. The fraction of sp³-hybridized carbons (Fsp3) is 0.353. The molecule has 1 heterocycles. The van der Waals surface area contributed by atoms with Crippen molar-refractivity contribution in [1.29, 1.82) is 0 Å². The number of nitrogens with zero attached hydrogens (tertiary/aromatic N) is 1. The van der Waals surface area contributed by atoms with Crippen LogP contribution >= 0.6 is 11.8 Å². The highest BCUT2D eigenvalue weighted by molar-refractivity contribution is 8.18. The van der Waals surface area contributed by atoms with Crippen LogP contribution in [0.15, 0.2) is 17.0 Å². The average Bonchev–Trinajstić information content (AvgIpc) is 2.92. The lowest BCUT2D eigenvalue weighted by molar-refractivity contribution is -0.148. The fourth-order valence-electron chi connectivity index (χ4n) is 2.47. The Bertz CT molecular complexity index is 775. The minimum Gasteiger partial charge on any atom is -0.493 e. The minimum absolute atomic E-state index is 0.163. The van der Waals surface area contributed by atoms with E-state index in [1.54, 1.807) is 12.1 Å². The summed E-state index contributed by atoms with van der Waals surface area (Å²) in [6.07, 6.45) is 1.51. The quantitative estimate of drug-likeness (QED) is 0.548. The molecule has 26 heavy (non-hydrogen) atoms. The van der Waals surface area contributed by atoms with Crippen molar-refractivity contribution < 1.29 is 33.3 Å². The third-order valence-electron chi connectivity index (χ3n) is 3.77. The highest BCUT2D eigenvalue weighted by Crippen LogP contribution is 2.42. The number of amides is 2. The van der Waals surface area contributed by atoms with Crippen molar-refractivity contribution in [3.63, 3.8) is 0 Å². The SMILES string of the molecule is COC(=O)C(C)N1C(=O)S/C(=C/c2ccc(OC)c(OC)c2OC)C1=O. The zero-order chi connectivity index (χ0) is 19.4. The number of ether oxygens (including phenoxy) is 4. The largest absolute Gasteiger partial charge is 0.493 e. The van der Waals surface area contributed by atoms with Gasteiger partial charge in [0.1, 0.15) is 6.04 Å². The van der Waals surface area contributed by atoms with Crippen LogP contribution in [0.2, 0.25) is 0 Å². The lowest BCUT2D eigenvalue weighted by atomic mass is 10.1. The lowest BCUT2D eigenvalue weighted by Gasteiger charge is -2.18. The minimum atomic E-state index is -1.01. The Kier molecular flexibility index (Phi) is 6.14. The number of esters is 1. The maximum absolute atomic E-state index is 12.6. The van der Waals surface area contributed by atoms with Gasteiger partial charge in [0, 0.05) is 5.56 Å². The number of benzene rings is 1. The van der Waals surface area contributed by atoms with Gasteiger partial charge in [-0.15, -0.1) is 0 Å². The van der Waals surface area contributed by atoms with E-state index in [1.807, 2.05) is 0 Å². The van der Waals surface area contributed by atoms with E-state index < -0.39 is 23.2 Å². The van der Waals surface area contributed by atoms with Crippen LogP contribution in [-0.2, 0) is 14.3 Å². The molecule has 1 fully saturated rings. The molecule has 9 heteroatoms. The van der Waals surface area contributed by atoms with Crippen molar-refractivity contribution in [1.82, 2.24) is 4.90 Å². The summed E-state index contributed by atoms with van der Waals surface area (Å²) >= 11 is 0.739. The van der Waals surface area contributed by atoms with E-state index in [2.05, 4.69) is 4.74 Å². The predicted molar refractivity (Wildman–Crippen MR) is 95.4 cm³/mol. The summed E-state index contributed by atoms with van der Waals surface area (Å²) in [5.41, 5.74) is 0.529. The maximum Gasteiger partial charge on any atom is 0.328 e. The van der Waals surface area contributed by atoms with Crippen LogP contribution in [0.25, 0.3) is 6.08 Å². The van der Waals surface area contributed by atoms with Crippen LogP contribution in [0.3, 0.4) is 0 Å². The molecule has 1 saturated heterocycles. The Morgan fingerprint density at radius 2 is 1.73 bits per heavy atom. The Hall–Kier alpha value is -2.68. The molecule has 1 aromatic carbocycles. The van der Waals surface area contributed by atoms with Gasteiger partial charge < -0.3 is 18.9 Å². The van der Waals surface area contributed by atoms with Gasteiger partial charge in [0.05, 0.1) is 33.3 Å². The molecule has 2 amide bonds. The van der Waals surface area contributed by atoms with Gasteiger partial charge in [-0.2, -0.15) is 0 Å². The van der Waals surface area contributed by atoms with Gasteiger partial charge in [0.2, 0.25) is 5.75 Å². The molecule has 8 nitrogen and oxygen atoms in total. The van der Waals surface area contributed by atoms with E-state index in [0.717, 1.165) is 16.7 Å². The molecule has 0 aliphatic carbocycles. The Morgan fingerprint density at radius 1 is 1.08 bits per heavy atom. The number of hydrogen-bond acceptors (Lipinski definition) is 8. The maximum atomic E-state index is 12.6. The lowest BCUT2D eigenvalue weighted by Crippen LogP contribution is -2.42. The molecule has 140 valence electrons. The van der Waals surface area contributed by atoms with Crippen LogP contribution in [-0.4, -0.2) is 56.5 Å². The Balaban J connectivity index is 2.44. The summed E-state index contributed by atoms with van der Waals surface area (Å²) in [6.45, 7) is 1.43. The summed E-state index contributed by atoms with van der Waals surface area (Å²) in [5, 5.41) is -0.543. The van der Waals surface area contributed by atoms with Crippen molar-refractivity contribution in [2.45, 2.75) is 13.0 Å². The number of carbonyl (C=O) groups excluding carboxylic acids is 3. The molecular weight excluding hydrogens is 362 g/mol. The van der Waals surface area contributed by atoms with Crippen LogP contribution in [0.1, 0.15) is 12.5 Å². The highest BCUT2D eigenvalue weighted by Gasteiger charge is 2.41. The Morgan fingerprint density at radius 3 is 2.27 bits per heavy atom.